The molecule has 0 bridgehead atoms. The van der Waals surface area contributed by atoms with Gasteiger partial charge in [0.2, 0.25) is 0 Å². The number of anilines is 1. The molecule has 0 aliphatic carbocycles. The Bertz CT molecular complexity index is 1090. The van der Waals surface area contributed by atoms with E-state index in [1.54, 1.807) is 19.5 Å². The second kappa shape index (κ2) is 6.15. The molecule has 130 valence electrons. The van der Waals surface area contributed by atoms with Gasteiger partial charge in [0.15, 0.2) is 11.4 Å². The summed E-state index contributed by atoms with van der Waals surface area (Å²) in [6, 6.07) is 7.64. The third kappa shape index (κ3) is 2.47. The number of pyridine rings is 1. The maximum Gasteiger partial charge on any atom is 0.251 e. The van der Waals surface area contributed by atoms with Crippen molar-refractivity contribution in [1.82, 2.24) is 10.3 Å². The van der Waals surface area contributed by atoms with Crippen LogP contribution < -0.4 is 11.1 Å². The molecule has 1 aliphatic heterocycles. The minimum atomic E-state index is -0.0385. The van der Waals surface area contributed by atoms with E-state index in [2.05, 4.69) is 15.3 Å². The number of fused-ring (bicyclic) bond motifs is 2. The first-order valence-corrected chi connectivity index (χ1v) is 8.30. The summed E-state index contributed by atoms with van der Waals surface area (Å²) in [5.74, 6) is 0.993. The van der Waals surface area contributed by atoms with Crippen LogP contribution in [0.15, 0.2) is 45.9 Å². The number of carbonyl (C=O) groups excluding carboxylic acids is 1. The second-order valence-corrected chi connectivity index (χ2v) is 6.10. The highest BCUT2D eigenvalue weighted by Gasteiger charge is 2.20. The van der Waals surface area contributed by atoms with Crippen molar-refractivity contribution >= 4 is 34.5 Å². The van der Waals surface area contributed by atoms with Gasteiger partial charge in [0.1, 0.15) is 5.76 Å². The standard InChI is InChI=1S/C20H18N4O2/c1-3-11(8-22-2)16-10-23-19(21)18-15(16)7-17(26-18)12-4-5-14-13(6-12)9-24-20(14)25/h3-8,10H,9H2,1-2H3,(H2,21,23)(H,24,25)/b11-3+,22-8-. The molecule has 26 heavy (non-hydrogen) atoms. The number of nitrogens with two attached hydrogens (primary N) is 1. The van der Waals surface area contributed by atoms with E-state index in [1.165, 1.54) is 0 Å². The van der Waals surface area contributed by atoms with Crippen molar-refractivity contribution in [3.05, 3.63) is 53.2 Å². The van der Waals surface area contributed by atoms with Gasteiger partial charge in [0.25, 0.3) is 5.91 Å². The third-order valence-electron chi connectivity index (χ3n) is 4.55. The molecule has 0 fully saturated rings. The van der Waals surface area contributed by atoms with E-state index < -0.39 is 0 Å². The topological polar surface area (TPSA) is 93.5 Å². The van der Waals surface area contributed by atoms with E-state index in [9.17, 15) is 4.79 Å². The molecule has 0 saturated carbocycles. The number of aromatic nitrogens is 1. The van der Waals surface area contributed by atoms with E-state index in [1.807, 2.05) is 37.3 Å². The molecule has 2 aromatic heterocycles. The fourth-order valence-electron chi connectivity index (χ4n) is 3.24. The van der Waals surface area contributed by atoms with Gasteiger partial charge < -0.3 is 15.5 Å². The molecule has 1 aliphatic rings. The molecule has 1 amide bonds. The van der Waals surface area contributed by atoms with Gasteiger partial charge in [0.05, 0.1) is 0 Å². The van der Waals surface area contributed by atoms with E-state index in [0.717, 1.165) is 27.6 Å². The fraction of sp³-hybridized carbons (Fsp3) is 0.150. The van der Waals surface area contributed by atoms with Crippen LogP contribution in [0.5, 0.6) is 0 Å². The van der Waals surface area contributed by atoms with E-state index in [0.29, 0.717) is 29.3 Å². The zero-order chi connectivity index (χ0) is 18.3. The highest BCUT2D eigenvalue weighted by atomic mass is 16.3. The Morgan fingerprint density at radius 3 is 3.00 bits per heavy atom. The van der Waals surface area contributed by atoms with Crippen LogP contribution in [0.1, 0.15) is 28.4 Å². The van der Waals surface area contributed by atoms with Gasteiger partial charge >= 0.3 is 0 Å². The number of allylic oxidation sites excluding steroid dienone is 2. The predicted octanol–water partition coefficient (Wildman–Crippen LogP) is 3.42. The summed E-state index contributed by atoms with van der Waals surface area (Å²) in [4.78, 5) is 20.1. The lowest BCUT2D eigenvalue weighted by Crippen LogP contribution is -2.12. The lowest BCUT2D eigenvalue weighted by Gasteiger charge is -2.03. The zero-order valence-corrected chi connectivity index (χ0v) is 14.5. The van der Waals surface area contributed by atoms with Gasteiger partial charge in [-0.1, -0.05) is 12.1 Å². The number of rotatable bonds is 3. The van der Waals surface area contributed by atoms with Crippen LogP contribution in [0, 0.1) is 0 Å². The second-order valence-electron chi connectivity index (χ2n) is 6.10. The highest BCUT2D eigenvalue weighted by Crippen LogP contribution is 2.35. The highest BCUT2D eigenvalue weighted by molar-refractivity contribution is 6.15. The molecule has 3 N–H and O–H groups in total. The minimum absolute atomic E-state index is 0.0385. The van der Waals surface area contributed by atoms with E-state index in [4.69, 9.17) is 10.2 Å². The summed E-state index contributed by atoms with van der Waals surface area (Å²) in [6.45, 7) is 2.48. The van der Waals surface area contributed by atoms with Crippen molar-refractivity contribution in [2.75, 3.05) is 12.8 Å². The molecule has 0 radical (unpaired) electrons. The summed E-state index contributed by atoms with van der Waals surface area (Å²) in [6.07, 6.45) is 5.49. The average molecular weight is 346 g/mol. The third-order valence-corrected chi connectivity index (χ3v) is 4.55. The maximum atomic E-state index is 11.7. The van der Waals surface area contributed by atoms with E-state index >= 15 is 0 Å². The SMILES string of the molecule is C/C=C(\C=N/C)c1cnc(N)c2oc(-c3ccc4c(c3)CNC4=O)cc12. The van der Waals surface area contributed by atoms with Gasteiger partial charge in [-0.25, -0.2) is 4.98 Å². The molecule has 6 heteroatoms. The zero-order valence-electron chi connectivity index (χ0n) is 14.5. The number of nitrogens with zero attached hydrogens (tertiary/aromatic N) is 2. The Kier molecular flexibility index (Phi) is 3.80. The van der Waals surface area contributed by atoms with Crippen molar-refractivity contribution in [3.63, 3.8) is 0 Å². The van der Waals surface area contributed by atoms with Crippen molar-refractivity contribution < 1.29 is 9.21 Å². The summed E-state index contributed by atoms with van der Waals surface area (Å²) in [7, 11) is 1.73. The van der Waals surface area contributed by atoms with Gasteiger partial charge in [-0.2, -0.15) is 0 Å². The summed E-state index contributed by atoms with van der Waals surface area (Å²) >= 11 is 0. The largest absolute Gasteiger partial charge is 0.452 e. The molecule has 3 aromatic rings. The van der Waals surface area contributed by atoms with Crippen LogP contribution in [-0.4, -0.2) is 24.2 Å². The van der Waals surface area contributed by atoms with Gasteiger partial charge in [-0.05, 0) is 36.3 Å². The molecule has 0 saturated heterocycles. The number of hydrogen-bond donors (Lipinski definition) is 2. The van der Waals surface area contributed by atoms with Crippen LogP contribution in [0.4, 0.5) is 5.82 Å². The predicted molar refractivity (Wildman–Crippen MR) is 103 cm³/mol. The lowest BCUT2D eigenvalue weighted by atomic mass is 10.0. The Hall–Kier alpha value is -3.41. The lowest BCUT2D eigenvalue weighted by molar-refractivity contribution is 0.0966. The molecular weight excluding hydrogens is 328 g/mol. The van der Waals surface area contributed by atoms with Crippen molar-refractivity contribution in [1.29, 1.82) is 0 Å². The number of nitrogen functional groups attached to an aromatic ring is 1. The van der Waals surface area contributed by atoms with Crippen molar-refractivity contribution in [2.24, 2.45) is 4.99 Å². The van der Waals surface area contributed by atoms with E-state index in [-0.39, 0.29) is 5.91 Å². The summed E-state index contributed by atoms with van der Waals surface area (Å²) in [5.41, 5.74) is 11.0. The number of amides is 1. The molecule has 6 nitrogen and oxygen atoms in total. The Labute approximate surface area is 150 Å². The first-order chi connectivity index (χ1) is 12.6. The Morgan fingerprint density at radius 2 is 2.23 bits per heavy atom. The maximum absolute atomic E-state index is 11.7. The number of furan rings is 1. The van der Waals surface area contributed by atoms with Crippen molar-refractivity contribution in [3.8, 4) is 11.3 Å². The van der Waals surface area contributed by atoms with Gasteiger partial charge in [-0.15, -0.1) is 0 Å². The van der Waals surface area contributed by atoms with Crippen LogP contribution >= 0.6 is 0 Å². The number of carbonyl (C=O) groups is 1. The number of benzene rings is 1. The first kappa shape index (κ1) is 16.1. The molecule has 1 aromatic carbocycles. The summed E-state index contributed by atoms with van der Waals surface area (Å²) < 4.78 is 6.02. The van der Waals surface area contributed by atoms with Crippen molar-refractivity contribution in [2.45, 2.75) is 13.5 Å². The van der Waals surface area contributed by atoms with Crippen LogP contribution in [0.2, 0.25) is 0 Å². The average Bonchev–Trinajstić information content (AvgIpc) is 3.25. The van der Waals surface area contributed by atoms with Crippen LogP contribution in [0.3, 0.4) is 0 Å². The smallest absolute Gasteiger partial charge is 0.251 e. The first-order valence-electron chi connectivity index (χ1n) is 8.30. The molecule has 4 rings (SSSR count). The molecular formula is C20H18N4O2. The quantitative estimate of drug-likeness (QED) is 0.711. The number of aliphatic imine (C=N–C) groups is 1. The Morgan fingerprint density at radius 1 is 1.38 bits per heavy atom. The monoisotopic (exact) mass is 346 g/mol. The molecule has 0 atom stereocenters. The van der Waals surface area contributed by atoms with Crippen LogP contribution in [0.25, 0.3) is 27.9 Å². The summed E-state index contributed by atoms with van der Waals surface area (Å²) in [5, 5.41) is 3.71. The molecule has 0 spiro atoms. The van der Waals surface area contributed by atoms with Gasteiger partial charge in [0, 0.05) is 48.1 Å². The van der Waals surface area contributed by atoms with Gasteiger partial charge in [-0.3, -0.25) is 9.79 Å². The van der Waals surface area contributed by atoms with Crippen LogP contribution in [-0.2, 0) is 6.54 Å². The molecule has 3 heterocycles. The Balaban J connectivity index is 1.88. The number of hydrogen-bond acceptors (Lipinski definition) is 5. The number of nitrogens with one attached hydrogen (secondary N) is 1. The fourth-order valence-corrected chi connectivity index (χ4v) is 3.24. The minimum Gasteiger partial charge on any atom is -0.452 e. The normalized spacial score (nSPS) is 14.2. The molecule has 0 unspecified atom stereocenters.